The van der Waals surface area contributed by atoms with Gasteiger partial charge in [0.15, 0.2) is 0 Å². The Morgan fingerprint density at radius 2 is 1.90 bits per heavy atom. The summed E-state index contributed by atoms with van der Waals surface area (Å²) >= 11 is 1.72. The maximum absolute atomic E-state index is 11.8. The first-order chi connectivity index (χ1) is 9.99. The van der Waals surface area contributed by atoms with E-state index >= 15 is 0 Å². The molecule has 0 heterocycles. The molecule has 0 fully saturated rings. The van der Waals surface area contributed by atoms with Gasteiger partial charge in [-0.1, -0.05) is 32.0 Å². The predicted molar refractivity (Wildman–Crippen MR) is 85.4 cm³/mol. The molecule has 0 radical (unpaired) electrons. The number of carboxylic acid groups (broad SMARTS) is 1. The molecule has 0 aliphatic carbocycles. The van der Waals surface area contributed by atoms with Crippen LogP contribution in [0.4, 0.5) is 0 Å². The Kier molecular flexibility index (Phi) is 7.90. The lowest BCUT2D eigenvalue weighted by atomic mass is 10.0. The van der Waals surface area contributed by atoms with E-state index in [1.54, 1.807) is 11.8 Å². The fourth-order valence-corrected chi connectivity index (χ4v) is 2.73. The summed E-state index contributed by atoms with van der Waals surface area (Å²) in [5.74, 6) is 0.0453. The van der Waals surface area contributed by atoms with E-state index < -0.39 is 5.97 Å². The largest absolute Gasteiger partial charge is 0.481 e. The van der Waals surface area contributed by atoms with Gasteiger partial charge in [-0.3, -0.25) is 9.59 Å². The van der Waals surface area contributed by atoms with Crippen molar-refractivity contribution < 1.29 is 14.7 Å². The third kappa shape index (κ3) is 7.75. The Labute approximate surface area is 130 Å². The first kappa shape index (κ1) is 17.6. The van der Waals surface area contributed by atoms with Crippen LogP contribution in [0.1, 0.15) is 33.1 Å². The number of aliphatic carboxylic acids is 1. The molecular formula is C16H23NO3S. The number of carbonyl (C=O) groups excluding carboxylic acids is 1. The number of thioether (sulfide) groups is 1. The summed E-state index contributed by atoms with van der Waals surface area (Å²) in [5.41, 5.74) is 0. The van der Waals surface area contributed by atoms with Crippen molar-refractivity contribution in [3.05, 3.63) is 30.3 Å². The molecule has 0 bridgehead atoms. The topological polar surface area (TPSA) is 66.4 Å². The zero-order valence-electron chi connectivity index (χ0n) is 12.5. The first-order valence-electron chi connectivity index (χ1n) is 7.18. The van der Waals surface area contributed by atoms with Gasteiger partial charge in [0, 0.05) is 17.4 Å². The second-order valence-corrected chi connectivity index (χ2v) is 6.45. The van der Waals surface area contributed by atoms with Crippen LogP contribution in [0.2, 0.25) is 0 Å². The van der Waals surface area contributed by atoms with E-state index in [0.29, 0.717) is 6.42 Å². The van der Waals surface area contributed by atoms with E-state index in [1.165, 1.54) is 4.90 Å². The van der Waals surface area contributed by atoms with Crippen molar-refractivity contribution >= 4 is 23.6 Å². The summed E-state index contributed by atoms with van der Waals surface area (Å²) in [6, 6.07) is 9.77. The average molecular weight is 309 g/mol. The molecule has 1 amide bonds. The van der Waals surface area contributed by atoms with E-state index in [-0.39, 0.29) is 24.3 Å². The Balaban J connectivity index is 2.25. The molecule has 1 unspecified atom stereocenters. The molecule has 1 rings (SSSR count). The van der Waals surface area contributed by atoms with Crippen molar-refractivity contribution in [2.24, 2.45) is 5.92 Å². The summed E-state index contributed by atoms with van der Waals surface area (Å²) in [4.78, 5) is 23.8. The number of carboxylic acids is 1. The maximum atomic E-state index is 11.8. The molecule has 116 valence electrons. The van der Waals surface area contributed by atoms with Gasteiger partial charge in [-0.15, -0.1) is 11.8 Å². The molecule has 4 nitrogen and oxygen atoms in total. The highest BCUT2D eigenvalue weighted by molar-refractivity contribution is 7.99. The molecule has 0 spiro atoms. The smallest absolute Gasteiger partial charge is 0.305 e. The number of amides is 1. The minimum absolute atomic E-state index is 0.0256. The number of carbonyl (C=O) groups is 2. The standard InChI is InChI=1S/C16H23NO3S/c1-12(2)14(11-16(19)20)17-15(18)9-6-10-21-13-7-4-3-5-8-13/h3-5,7-8,12,14H,6,9-11H2,1-2H3,(H,17,18)(H,19,20). The lowest BCUT2D eigenvalue weighted by Gasteiger charge is -2.20. The highest BCUT2D eigenvalue weighted by atomic mass is 32.2. The van der Waals surface area contributed by atoms with Gasteiger partial charge in [-0.25, -0.2) is 0 Å². The Bertz CT molecular complexity index is 448. The maximum Gasteiger partial charge on any atom is 0.305 e. The van der Waals surface area contributed by atoms with Crippen LogP contribution in [-0.2, 0) is 9.59 Å². The molecule has 5 heteroatoms. The van der Waals surface area contributed by atoms with E-state index in [9.17, 15) is 9.59 Å². The third-order valence-corrected chi connectivity index (χ3v) is 4.20. The minimum Gasteiger partial charge on any atom is -0.481 e. The molecule has 1 aromatic rings. The lowest BCUT2D eigenvalue weighted by molar-refractivity contribution is -0.138. The number of hydrogen-bond donors (Lipinski definition) is 2. The van der Waals surface area contributed by atoms with Crippen molar-refractivity contribution in [2.75, 3.05) is 5.75 Å². The van der Waals surface area contributed by atoms with Gasteiger partial charge in [-0.05, 0) is 30.2 Å². The van der Waals surface area contributed by atoms with Crippen molar-refractivity contribution in [1.82, 2.24) is 5.32 Å². The van der Waals surface area contributed by atoms with Crippen LogP contribution in [0.15, 0.2) is 35.2 Å². The highest BCUT2D eigenvalue weighted by Crippen LogP contribution is 2.18. The summed E-state index contributed by atoms with van der Waals surface area (Å²) in [6.45, 7) is 3.83. The van der Waals surface area contributed by atoms with Gasteiger partial charge < -0.3 is 10.4 Å². The highest BCUT2D eigenvalue weighted by Gasteiger charge is 2.18. The SMILES string of the molecule is CC(C)C(CC(=O)O)NC(=O)CCCSc1ccccc1. The zero-order valence-corrected chi connectivity index (χ0v) is 13.4. The molecule has 0 aliphatic heterocycles. The average Bonchev–Trinajstić information content (AvgIpc) is 2.43. The molecule has 0 saturated heterocycles. The summed E-state index contributed by atoms with van der Waals surface area (Å²) in [6.07, 6.45) is 1.19. The third-order valence-electron chi connectivity index (χ3n) is 3.11. The molecule has 2 N–H and O–H groups in total. The zero-order chi connectivity index (χ0) is 15.7. The number of benzene rings is 1. The van der Waals surface area contributed by atoms with Gasteiger partial charge in [0.25, 0.3) is 0 Å². The lowest BCUT2D eigenvalue weighted by Crippen LogP contribution is -2.40. The van der Waals surface area contributed by atoms with Crippen LogP contribution in [0.3, 0.4) is 0 Å². The van der Waals surface area contributed by atoms with Crippen molar-refractivity contribution in [1.29, 1.82) is 0 Å². The predicted octanol–water partition coefficient (Wildman–Crippen LogP) is 3.17. The second-order valence-electron chi connectivity index (χ2n) is 5.28. The Hall–Kier alpha value is -1.49. The molecule has 1 aromatic carbocycles. The second kappa shape index (κ2) is 9.45. The van der Waals surface area contributed by atoms with Gasteiger partial charge in [0.1, 0.15) is 0 Å². The van der Waals surface area contributed by atoms with Gasteiger partial charge in [-0.2, -0.15) is 0 Å². The summed E-state index contributed by atoms with van der Waals surface area (Å²) in [5, 5.41) is 11.6. The molecule has 21 heavy (non-hydrogen) atoms. The van der Waals surface area contributed by atoms with Crippen molar-refractivity contribution in [3.8, 4) is 0 Å². The normalized spacial score (nSPS) is 12.1. The van der Waals surface area contributed by atoms with Crippen LogP contribution in [-0.4, -0.2) is 28.8 Å². The monoisotopic (exact) mass is 309 g/mol. The summed E-state index contributed by atoms with van der Waals surface area (Å²) in [7, 11) is 0. The van der Waals surface area contributed by atoms with Crippen LogP contribution in [0, 0.1) is 5.92 Å². The van der Waals surface area contributed by atoms with E-state index in [2.05, 4.69) is 5.32 Å². The van der Waals surface area contributed by atoms with E-state index in [1.807, 2.05) is 44.2 Å². The fourth-order valence-electron chi connectivity index (χ4n) is 1.86. The van der Waals surface area contributed by atoms with Crippen LogP contribution in [0.25, 0.3) is 0 Å². The quantitative estimate of drug-likeness (QED) is 0.543. The number of rotatable bonds is 9. The molecule has 0 aromatic heterocycles. The Morgan fingerprint density at radius 3 is 2.48 bits per heavy atom. The van der Waals surface area contributed by atoms with Crippen molar-refractivity contribution in [2.45, 2.75) is 44.0 Å². The molecule has 0 aliphatic rings. The Morgan fingerprint density at radius 1 is 1.24 bits per heavy atom. The van der Waals surface area contributed by atoms with Crippen molar-refractivity contribution in [3.63, 3.8) is 0 Å². The number of nitrogens with one attached hydrogen (secondary N) is 1. The van der Waals surface area contributed by atoms with E-state index in [0.717, 1.165) is 12.2 Å². The molecule has 1 atom stereocenters. The molecular weight excluding hydrogens is 286 g/mol. The molecule has 0 saturated carbocycles. The van der Waals surface area contributed by atoms with Gasteiger partial charge >= 0.3 is 5.97 Å². The van der Waals surface area contributed by atoms with E-state index in [4.69, 9.17) is 5.11 Å². The van der Waals surface area contributed by atoms with Gasteiger partial charge in [0.05, 0.1) is 6.42 Å². The van der Waals surface area contributed by atoms with Crippen LogP contribution in [0.5, 0.6) is 0 Å². The summed E-state index contributed by atoms with van der Waals surface area (Å²) < 4.78 is 0. The first-order valence-corrected chi connectivity index (χ1v) is 8.16. The number of hydrogen-bond acceptors (Lipinski definition) is 3. The van der Waals surface area contributed by atoms with Gasteiger partial charge in [0.2, 0.25) is 5.91 Å². The van der Waals surface area contributed by atoms with Crippen LogP contribution < -0.4 is 5.32 Å². The van der Waals surface area contributed by atoms with Crippen LogP contribution >= 0.6 is 11.8 Å². The minimum atomic E-state index is -0.881. The fraction of sp³-hybridized carbons (Fsp3) is 0.500.